The Morgan fingerprint density at radius 1 is 1.11 bits per heavy atom. The van der Waals surface area contributed by atoms with Crippen LogP contribution >= 0.6 is 11.5 Å². The van der Waals surface area contributed by atoms with Gasteiger partial charge in [-0.15, -0.1) is 0 Å². The molecule has 1 N–H and O–H groups in total. The van der Waals surface area contributed by atoms with Crippen molar-refractivity contribution in [1.29, 1.82) is 0 Å². The molecule has 5 nitrogen and oxygen atoms in total. The van der Waals surface area contributed by atoms with E-state index in [0.717, 1.165) is 11.7 Å². The third-order valence-electron chi connectivity index (χ3n) is 2.50. The van der Waals surface area contributed by atoms with E-state index in [-0.39, 0.29) is 0 Å². The van der Waals surface area contributed by atoms with Crippen LogP contribution in [0.25, 0.3) is 11.5 Å². The van der Waals surface area contributed by atoms with E-state index in [2.05, 4.69) is 36.8 Å². The van der Waals surface area contributed by atoms with Gasteiger partial charge < -0.3 is 5.32 Å². The van der Waals surface area contributed by atoms with Gasteiger partial charge in [0.1, 0.15) is 5.69 Å². The van der Waals surface area contributed by atoms with Crippen molar-refractivity contribution in [3.8, 4) is 11.5 Å². The number of anilines is 1. The number of hydrogen-bond donors (Lipinski definition) is 1. The summed E-state index contributed by atoms with van der Waals surface area (Å²) in [4.78, 5) is 12.6. The lowest BCUT2D eigenvalue weighted by molar-refractivity contribution is 1.12. The molecule has 3 aromatic rings. The van der Waals surface area contributed by atoms with E-state index in [1.54, 1.807) is 18.6 Å². The van der Waals surface area contributed by atoms with Crippen LogP contribution in [0.15, 0.2) is 48.9 Å². The van der Waals surface area contributed by atoms with E-state index in [0.29, 0.717) is 11.5 Å². The minimum atomic E-state index is 0.605. The summed E-state index contributed by atoms with van der Waals surface area (Å²) in [6.07, 6.45) is 4.92. The summed E-state index contributed by atoms with van der Waals surface area (Å²) in [6, 6.07) is 10.2. The summed E-state index contributed by atoms with van der Waals surface area (Å²) in [5, 5.41) is 4.03. The van der Waals surface area contributed by atoms with Crippen molar-refractivity contribution in [2.45, 2.75) is 6.54 Å². The summed E-state index contributed by atoms with van der Waals surface area (Å²) < 4.78 is 4.26. The van der Waals surface area contributed by atoms with Crippen LogP contribution in [0.4, 0.5) is 5.13 Å². The Morgan fingerprint density at radius 3 is 2.79 bits per heavy atom. The Bertz CT molecular complexity index is 638. The van der Waals surface area contributed by atoms with Crippen molar-refractivity contribution in [3.05, 3.63) is 54.5 Å². The Hall–Kier alpha value is -2.34. The normalized spacial score (nSPS) is 10.3. The molecule has 0 atom stereocenters. The summed E-state index contributed by atoms with van der Waals surface area (Å²) >= 11 is 1.32. The van der Waals surface area contributed by atoms with Gasteiger partial charge in [-0.2, -0.15) is 9.36 Å². The summed E-state index contributed by atoms with van der Waals surface area (Å²) in [6.45, 7) is 0.732. The second-order valence-electron chi connectivity index (χ2n) is 3.85. The highest BCUT2D eigenvalue weighted by atomic mass is 32.1. The van der Waals surface area contributed by atoms with Crippen LogP contribution in [0.2, 0.25) is 0 Å². The molecular formula is C13H11N5S. The number of hydrogen-bond acceptors (Lipinski definition) is 6. The molecule has 2 aromatic heterocycles. The molecule has 0 radical (unpaired) electrons. The van der Waals surface area contributed by atoms with E-state index in [4.69, 9.17) is 0 Å². The van der Waals surface area contributed by atoms with Crippen LogP contribution in [-0.4, -0.2) is 19.3 Å². The first-order valence-corrected chi connectivity index (χ1v) is 6.57. The number of nitrogens with zero attached hydrogens (tertiary/aromatic N) is 4. The van der Waals surface area contributed by atoms with E-state index < -0.39 is 0 Å². The maximum absolute atomic E-state index is 4.39. The molecule has 0 amide bonds. The number of rotatable bonds is 4. The van der Waals surface area contributed by atoms with Gasteiger partial charge in [0.05, 0.1) is 6.20 Å². The fraction of sp³-hybridized carbons (Fsp3) is 0.0769. The second-order valence-corrected chi connectivity index (χ2v) is 4.60. The van der Waals surface area contributed by atoms with Gasteiger partial charge in [0.2, 0.25) is 5.13 Å². The average Bonchev–Trinajstić information content (AvgIpc) is 2.96. The van der Waals surface area contributed by atoms with E-state index in [9.17, 15) is 0 Å². The zero-order valence-electron chi connectivity index (χ0n) is 10.0. The molecule has 3 rings (SSSR count). The zero-order valence-corrected chi connectivity index (χ0v) is 10.8. The van der Waals surface area contributed by atoms with Crippen molar-refractivity contribution < 1.29 is 0 Å². The molecule has 19 heavy (non-hydrogen) atoms. The Balaban J connectivity index is 1.69. The lowest BCUT2D eigenvalue weighted by Crippen LogP contribution is -1.98. The van der Waals surface area contributed by atoms with Gasteiger partial charge in [-0.3, -0.25) is 4.98 Å². The lowest BCUT2D eigenvalue weighted by atomic mass is 10.2. The third-order valence-corrected chi connectivity index (χ3v) is 3.18. The predicted molar refractivity (Wildman–Crippen MR) is 74.7 cm³/mol. The smallest absolute Gasteiger partial charge is 0.203 e. The van der Waals surface area contributed by atoms with Crippen molar-refractivity contribution in [2.24, 2.45) is 0 Å². The number of nitrogens with one attached hydrogen (secondary N) is 1. The van der Waals surface area contributed by atoms with Crippen LogP contribution < -0.4 is 5.32 Å². The molecule has 6 heteroatoms. The zero-order chi connectivity index (χ0) is 12.9. The van der Waals surface area contributed by atoms with Crippen LogP contribution in [0.3, 0.4) is 0 Å². The minimum Gasteiger partial charge on any atom is -0.356 e. The molecule has 0 unspecified atom stereocenters. The highest BCUT2D eigenvalue weighted by Crippen LogP contribution is 2.18. The summed E-state index contributed by atoms with van der Waals surface area (Å²) in [5.74, 6) is 0.605. The van der Waals surface area contributed by atoms with Gasteiger partial charge in [0, 0.05) is 30.5 Å². The average molecular weight is 269 g/mol. The van der Waals surface area contributed by atoms with Crippen LogP contribution in [0.1, 0.15) is 5.56 Å². The first kappa shape index (κ1) is 11.7. The summed E-state index contributed by atoms with van der Waals surface area (Å²) in [5.41, 5.74) is 1.89. The van der Waals surface area contributed by atoms with Crippen molar-refractivity contribution in [2.75, 3.05) is 5.32 Å². The standard InChI is InChI=1S/C13H11N5S/c1-2-4-10(5-3-1)8-16-13-17-12(18-19-13)11-9-14-6-7-15-11/h1-7,9H,8H2,(H,16,17,18). The predicted octanol–water partition coefficient (Wildman–Crippen LogP) is 2.61. The van der Waals surface area contributed by atoms with Crippen LogP contribution in [-0.2, 0) is 6.54 Å². The largest absolute Gasteiger partial charge is 0.356 e. The van der Waals surface area contributed by atoms with Gasteiger partial charge in [-0.05, 0) is 5.56 Å². The fourth-order valence-corrected chi connectivity index (χ4v) is 2.16. The first-order chi connectivity index (χ1) is 9.42. The molecule has 0 aliphatic rings. The van der Waals surface area contributed by atoms with Crippen molar-refractivity contribution in [1.82, 2.24) is 19.3 Å². The Morgan fingerprint density at radius 2 is 2.00 bits per heavy atom. The van der Waals surface area contributed by atoms with Crippen LogP contribution in [0.5, 0.6) is 0 Å². The molecule has 1 aromatic carbocycles. The molecule has 0 saturated carbocycles. The molecule has 0 bridgehead atoms. The highest BCUT2D eigenvalue weighted by molar-refractivity contribution is 7.09. The third kappa shape index (κ3) is 2.92. The van der Waals surface area contributed by atoms with E-state index >= 15 is 0 Å². The lowest BCUT2D eigenvalue weighted by Gasteiger charge is -2.01. The minimum absolute atomic E-state index is 0.605. The second kappa shape index (κ2) is 5.53. The Labute approximate surface area is 114 Å². The molecule has 94 valence electrons. The summed E-state index contributed by atoms with van der Waals surface area (Å²) in [7, 11) is 0. The van der Waals surface area contributed by atoms with Crippen molar-refractivity contribution >= 4 is 16.7 Å². The van der Waals surface area contributed by atoms with Gasteiger partial charge in [-0.25, -0.2) is 4.98 Å². The number of benzene rings is 1. The van der Waals surface area contributed by atoms with Gasteiger partial charge in [-0.1, -0.05) is 30.3 Å². The maximum atomic E-state index is 4.39. The molecule has 0 saturated heterocycles. The molecule has 0 aliphatic carbocycles. The van der Waals surface area contributed by atoms with Gasteiger partial charge >= 0.3 is 0 Å². The van der Waals surface area contributed by atoms with E-state index in [1.807, 2.05) is 18.2 Å². The van der Waals surface area contributed by atoms with E-state index in [1.165, 1.54) is 17.1 Å². The molecule has 0 aliphatic heterocycles. The molecule has 0 fully saturated rings. The number of aromatic nitrogens is 4. The van der Waals surface area contributed by atoms with Crippen LogP contribution in [0, 0.1) is 0 Å². The quantitative estimate of drug-likeness (QED) is 0.788. The Kier molecular flexibility index (Phi) is 3.42. The molecule has 2 heterocycles. The fourth-order valence-electron chi connectivity index (χ4n) is 1.59. The van der Waals surface area contributed by atoms with Gasteiger partial charge in [0.15, 0.2) is 5.82 Å². The highest BCUT2D eigenvalue weighted by Gasteiger charge is 2.07. The molecular weight excluding hydrogens is 258 g/mol. The molecule has 0 spiro atoms. The SMILES string of the molecule is c1ccc(CNc2nc(-c3cnccn3)ns2)cc1. The monoisotopic (exact) mass is 269 g/mol. The topological polar surface area (TPSA) is 63.6 Å². The maximum Gasteiger partial charge on any atom is 0.203 e. The first-order valence-electron chi connectivity index (χ1n) is 5.80. The van der Waals surface area contributed by atoms with Gasteiger partial charge in [0.25, 0.3) is 0 Å². The van der Waals surface area contributed by atoms with Crippen molar-refractivity contribution in [3.63, 3.8) is 0 Å².